The first-order valence-electron chi connectivity index (χ1n) is 7.48. The molecule has 1 aromatic carbocycles. The molecule has 1 aliphatic heterocycles. The van der Waals surface area contributed by atoms with E-state index in [0.717, 1.165) is 5.56 Å². The van der Waals surface area contributed by atoms with Gasteiger partial charge in [-0.1, -0.05) is 30.3 Å². The van der Waals surface area contributed by atoms with E-state index in [0.29, 0.717) is 5.69 Å². The van der Waals surface area contributed by atoms with Crippen LogP contribution in [-0.4, -0.2) is 34.8 Å². The zero-order valence-corrected chi connectivity index (χ0v) is 14.0. The predicted molar refractivity (Wildman–Crippen MR) is 85.3 cm³/mol. The van der Waals surface area contributed by atoms with Gasteiger partial charge in [-0.25, -0.2) is 8.42 Å². The van der Waals surface area contributed by atoms with Gasteiger partial charge in [-0.05, 0) is 12.5 Å². The van der Waals surface area contributed by atoms with Crippen LogP contribution in [0.2, 0.25) is 0 Å². The summed E-state index contributed by atoms with van der Waals surface area (Å²) in [5.41, 5.74) is 1.43. The van der Waals surface area contributed by atoms with E-state index in [1.54, 1.807) is 18.7 Å². The molecule has 1 aromatic heterocycles. The van der Waals surface area contributed by atoms with Crippen LogP contribution >= 0.6 is 0 Å². The van der Waals surface area contributed by atoms with Crippen molar-refractivity contribution in [1.29, 1.82) is 0 Å². The Morgan fingerprint density at radius 2 is 1.91 bits per heavy atom. The van der Waals surface area contributed by atoms with Gasteiger partial charge in [0.25, 0.3) is 0 Å². The molecule has 1 aliphatic rings. The van der Waals surface area contributed by atoms with E-state index < -0.39 is 16.1 Å². The van der Waals surface area contributed by atoms with Gasteiger partial charge >= 0.3 is 0 Å². The summed E-state index contributed by atoms with van der Waals surface area (Å²) >= 11 is 0. The van der Waals surface area contributed by atoms with E-state index in [9.17, 15) is 13.2 Å². The predicted octanol–water partition coefficient (Wildman–Crippen LogP) is 1.82. The maximum atomic E-state index is 13.1. The van der Waals surface area contributed by atoms with E-state index in [-0.39, 0.29) is 30.1 Å². The molecular weight excluding hydrogens is 314 g/mol. The number of aryl methyl sites for hydroxylation is 1. The molecule has 0 radical (unpaired) electrons. The lowest BCUT2D eigenvalue weighted by molar-refractivity contribution is -0.121. The highest BCUT2D eigenvalue weighted by Gasteiger charge is 2.38. The second-order valence-corrected chi connectivity index (χ2v) is 7.61. The van der Waals surface area contributed by atoms with Crippen LogP contribution in [0.3, 0.4) is 0 Å². The summed E-state index contributed by atoms with van der Waals surface area (Å²) < 4.78 is 29.1. The first-order valence-corrected chi connectivity index (χ1v) is 8.92. The molecule has 3 rings (SSSR count). The molecule has 0 saturated carbocycles. The number of aromatic nitrogens is 2. The van der Waals surface area contributed by atoms with Crippen molar-refractivity contribution in [2.45, 2.75) is 30.7 Å². The standard InChI is InChI=1S/C16H19N3O3S/c1-12-16(11-17-18(12)2)23(21,22)19-9-8-14(20)10-15(19)13-6-4-3-5-7-13/h3-7,11,15H,8-10H2,1-2H3. The fourth-order valence-corrected chi connectivity index (χ4v) is 4.72. The lowest BCUT2D eigenvalue weighted by Crippen LogP contribution is -2.41. The van der Waals surface area contributed by atoms with Crippen molar-refractivity contribution in [1.82, 2.24) is 14.1 Å². The highest BCUT2D eigenvalue weighted by atomic mass is 32.2. The van der Waals surface area contributed by atoms with Crippen molar-refractivity contribution in [3.8, 4) is 0 Å². The second kappa shape index (κ2) is 5.90. The van der Waals surface area contributed by atoms with Gasteiger partial charge in [-0.2, -0.15) is 9.40 Å². The van der Waals surface area contributed by atoms with Crippen molar-refractivity contribution in [3.63, 3.8) is 0 Å². The summed E-state index contributed by atoms with van der Waals surface area (Å²) in [6, 6.07) is 8.85. The van der Waals surface area contributed by atoms with Gasteiger partial charge in [0.2, 0.25) is 10.0 Å². The maximum absolute atomic E-state index is 13.1. The first-order chi connectivity index (χ1) is 10.9. The smallest absolute Gasteiger partial charge is 0.247 e. The van der Waals surface area contributed by atoms with E-state index in [2.05, 4.69) is 5.10 Å². The van der Waals surface area contributed by atoms with Crippen LogP contribution in [0.1, 0.15) is 30.1 Å². The van der Waals surface area contributed by atoms with Gasteiger partial charge in [0.05, 0.1) is 17.9 Å². The number of benzene rings is 1. The van der Waals surface area contributed by atoms with Crippen LogP contribution in [0.5, 0.6) is 0 Å². The van der Waals surface area contributed by atoms with E-state index in [4.69, 9.17) is 0 Å². The zero-order valence-electron chi connectivity index (χ0n) is 13.1. The number of carbonyl (C=O) groups is 1. The fraction of sp³-hybridized carbons (Fsp3) is 0.375. The largest absolute Gasteiger partial charge is 0.300 e. The third-order valence-electron chi connectivity index (χ3n) is 4.34. The van der Waals surface area contributed by atoms with Gasteiger partial charge in [-0.15, -0.1) is 0 Å². The number of rotatable bonds is 3. The highest BCUT2D eigenvalue weighted by Crippen LogP contribution is 2.34. The number of nitrogens with zero attached hydrogens (tertiary/aromatic N) is 3. The number of sulfonamides is 1. The lowest BCUT2D eigenvalue weighted by Gasteiger charge is -2.34. The summed E-state index contributed by atoms with van der Waals surface area (Å²) in [5.74, 6) is 0.0909. The molecule has 6 nitrogen and oxygen atoms in total. The van der Waals surface area contributed by atoms with Crippen LogP contribution in [-0.2, 0) is 21.9 Å². The van der Waals surface area contributed by atoms with E-state index in [1.165, 1.54) is 10.5 Å². The highest BCUT2D eigenvalue weighted by molar-refractivity contribution is 7.89. The van der Waals surface area contributed by atoms with Gasteiger partial charge < -0.3 is 0 Å². The lowest BCUT2D eigenvalue weighted by atomic mass is 9.97. The molecule has 122 valence electrons. The third kappa shape index (κ3) is 2.82. The molecule has 0 N–H and O–H groups in total. The molecule has 23 heavy (non-hydrogen) atoms. The third-order valence-corrected chi connectivity index (χ3v) is 6.35. The monoisotopic (exact) mass is 333 g/mol. The normalized spacial score (nSPS) is 19.9. The van der Waals surface area contributed by atoms with E-state index in [1.807, 2.05) is 30.3 Å². The first kappa shape index (κ1) is 15.9. The zero-order chi connectivity index (χ0) is 16.6. The van der Waals surface area contributed by atoms with Crippen LogP contribution in [0.25, 0.3) is 0 Å². The number of Topliss-reactive ketones (excluding diaryl/α,β-unsaturated/α-hetero) is 1. The summed E-state index contributed by atoms with van der Waals surface area (Å²) in [6.45, 7) is 1.93. The number of hydrogen-bond donors (Lipinski definition) is 0. The maximum Gasteiger partial charge on any atom is 0.247 e. The molecule has 1 saturated heterocycles. The summed E-state index contributed by atoms with van der Waals surface area (Å²) in [6.07, 6.45) is 1.84. The SMILES string of the molecule is Cc1c(S(=O)(=O)N2CCC(=O)CC2c2ccccc2)cnn1C. The van der Waals surface area contributed by atoms with Gasteiger partial charge in [0, 0.05) is 26.4 Å². The molecule has 1 fully saturated rings. The average molecular weight is 333 g/mol. The van der Waals surface area contributed by atoms with Crippen molar-refractivity contribution >= 4 is 15.8 Å². The van der Waals surface area contributed by atoms with Crippen LogP contribution in [0, 0.1) is 6.92 Å². The minimum Gasteiger partial charge on any atom is -0.300 e. The number of piperidine rings is 1. The topological polar surface area (TPSA) is 72.3 Å². The van der Waals surface area contributed by atoms with Crippen LogP contribution in [0.4, 0.5) is 0 Å². The number of hydrogen-bond acceptors (Lipinski definition) is 4. The van der Waals surface area contributed by atoms with Crippen molar-refractivity contribution in [3.05, 3.63) is 47.8 Å². The number of ketones is 1. The Morgan fingerprint density at radius 1 is 1.22 bits per heavy atom. The summed E-state index contributed by atoms with van der Waals surface area (Å²) in [4.78, 5) is 12.1. The fourth-order valence-electron chi connectivity index (χ4n) is 2.92. The van der Waals surface area contributed by atoms with Gasteiger partial charge in [0.1, 0.15) is 10.7 Å². The Morgan fingerprint density at radius 3 is 2.52 bits per heavy atom. The Labute approximate surface area is 135 Å². The minimum atomic E-state index is -3.69. The van der Waals surface area contributed by atoms with Crippen LogP contribution < -0.4 is 0 Å². The molecule has 1 atom stereocenters. The molecule has 1 unspecified atom stereocenters. The number of carbonyl (C=O) groups excluding carboxylic acids is 1. The Hall–Kier alpha value is -1.99. The molecule has 2 heterocycles. The summed E-state index contributed by atoms with van der Waals surface area (Å²) in [5, 5.41) is 4.03. The molecule has 0 amide bonds. The van der Waals surface area contributed by atoms with Crippen molar-refractivity contribution < 1.29 is 13.2 Å². The minimum absolute atomic E-state index is 0.0909. The second-order valence-electron chi connectivity index (χ2n) is 5.75. The van der Waals surface area contributed by atoms with Gasteiger partial charge in [0.15, 0.2) is 0 Å². The quantitative estimate of drug-likeness (QED) is 0.859. The molecule has 7 heteroatoms. The van der Waals surface area contributed by atoms with Crippen molar-refractivity contribution in [2.24, 2.45) is 7.05 Å². The average Bonchev–Trinajstić information content (AvgIpc) is 2.88. The summed E-state index contributed by atoms with van der Waals surface area (Å²) in [7, 11) is -1.98. The van der Waals surface area contributed by atoms with Gasteiger partial charge in [-0.3, -0.25) is 9.48 Å². The molecule has 0 bridgehead atoms. The molecule has 0 spiro atoms. The molecule has 0 aliphatic carbocycles. The van der Waals surface area contributed by atoms with E-state index >= 15 is 0 Å². The Kier molecular flexibility index (Phi) is 4.08. The Bertz CT molecular complexity index is 828. The molecule has 2 aromatic rings. The van der Waals surface area contributed by atoms with Crippen LogP contribution in [0.15, 0.2) is 41.4 Å². The van der Waals surface area contributed by atoms with Crippen molar-refractivity contribution in [2.75, 3.05) is 6.54 Å². The molecular formula is C16H19N3O3S. The Balaban J connectivity index is 2.05.